The lowest BCUT2D eigenvalue weighted by Crippen LogP contribution is -2.44. The van der Waals surface area contributed by atoms with Crippen LogP contribution in [0, 0.1) is 5.41 Å². The molecule has 2 aromatic rings. The Morgan fingerprint density at radius 1 is 1.53 bits per heavy atom. The molecule has 30 heavy (non-hydrogen) atoms. The fourth-order valence-corrected chi connectivity index (χ4v) is 4.00. The number of alkyl halides is 3. The fraction of sp³-hybridized carbons (Fsp3) is 0.444. The highest BCUT2D eigenvalue weighted by molar-refractivity contribution is 7.14. The minimum Gasteiger partial charge on any atom is -0.378 e. The van der Waals surface area contributed by atoms with Gasteiger partial charge in [0, 0.05) is 30.8 Å². The van der Waals surface area contributed by atoms with Gasteiger partial charge in [-0.05, 0) is 31.2 Å². The van der Waals surface area contributed by atoms with Crippen LogP contribution in [0.1, 0.15) is 53.6 Å². The van der Waals surface area contributed by atoms with Gasteiger partial charge in [0.2, 0.25) is 0 Å². The van der Waals surface area contributed by atoms with Crippen molar-refractivity contribution in [2.75, 3.05) is 12.0 Å². The molecule has 1 saturated heterocycles. The average molecular weight is 443 g/mol. The quantitative estimate of drug-likeness (QED) is 0.464. The van der Waals surface area contributed by atoms with Crippen molar-refractivity contribution in [3.05, 3.63) is 34.5 Å². The maximum Gasteiger partial charge on any atom is 0.420 e. The van der Waals surface area contributed by atoms with Crippen LogP contribution in [0.4, 0.5) is 18.2 Å². The third-order valence-corrected chi connectivity index (χ3v) is 5.71. The summed E-state index contributed by atoms with van der Waals surface area (Å²) in [4.78, 5) is 14.8. The van der Waals surface area contributed by atoms with Gasteiger partial charge in [0.25, 0.3) is 5.91 Å². The third-order valence-electron chi connectivity index (χ3n) is 4.89. The normalized spacial score (nSPS) is 21.0. The summed E-state index contributed by atoms with van der Waals surface area (Å²) in [5, 5.41) is 25.8. The van der Waals surface area contributed by atoms with Crippen molar-refractivity contribution >= 4 is 34.7 Å². The molecular formula is C18H20F3N5O3S. The Bertz CT molecular complexity index is 926. The van der Waals surface area contributed by atoms with E-state index in [1.165, 1.54) is 17.6 Å². The minimum atomic E-state index is -4.83. The lowest BCUT2D eigenvalue weighted by atomic mass is 9.90. The molecule has 3 rings (SSSR count). The number of thiophene rings is 1. The molecule has 0 unspecified atom stereocenters. The molecule has 162 valence electrons. The van der Waals surface area contributed by atoms with Crippen molar-refractivity contribution in [2.24, 2.45) is 5.10 Å². The number of piperidine rings is 1. The SMILES string of the molecule is C[C@@H]1CC[C@@H](c2cc([C@H](O)C(F)(F)F)no2)CN1C(=O)c1ccsc1N/N=C\C=N. The zero-order valence-electron chi connectivity index (χ0n) is 15.9. The lowest BCUT2D eigenvalue weighted by Gasteiger charge is -2.37. The first-order valence-electron chi connectivity index (χ1n) is 9.10. The van der Waals surface area contributed by atoms with Gasteiger partial charge in [-0.3, -0.25) is 10.2 Å². The molecule has 2 aromatic heterocycles. The maximum atomic E-state index is 13.1. The Balaban J connectivity index is 1.76. The van der Waals surface area contributed by atoms with Crippen LogP contribution in [0.2, 0.25) is 0 Å². The molecule has 1 amide bonds. The summed E-state index contributed by atoms with van der Waals surface area (Å²) in [6.45, 7) is 2.15. The Labute approximate surface area is 173 Å². The Kier molecular flexibility index (Phi) is 6.56. The molecule has 0 radical (unpaired) electrons. The molecule has 0 bridgehead atoms. The number of aliphatic hydroxyl groups excluding tert-OH is 1. The number of hydrogen-bond acceptors (Lipinski definition) is 8. The number of hydrazone groups is 1. The highest BCUT2D eigenvalue weighted by Crippen LogP contribution is 2.36. The summed E-state index contributed by atoms with van der Waals surface area (Å²) in [5.41, 5.74) is 2.55. The second-order valence-electron chi connectivity index (χ2n) is 6.90. The van der Waals surface area contributed by atoms with E-state index in [1.54, 1.807) is 16.3 Å². The van der Waals surface area contributed by atoms with E-state index in [4.69, 9.17) is 9.93 Å². The van der Waals surface area contributed by atoms with Crippen molar-refractivity contribution in [3.8, 4) is 0 Å². The van der Waals surface area contributed by atoms with Gasteiger partial charge < -0.3 is 19.9 Å². The summed E-state index contributed by atoms with van der Waals surface area (Å²) in [6.07, 6.45) is -4.06. The number of rotatable bonds is 6. The van der Waals surface area contributed by atoms with Crippen LogP contribution >= 0.6 is 11.3 Å². The summed E-state index contributed by atoms with van der Waals surface area (Å²) < 4.78 is 43.2. The maximum absolute atomic E-state index is 13.1. The van der Waals surface area contributed by atoms with Crippen molar-refractivity contribution in [1.82, 2.24) is 10.1 Å². The highest BCUT2D eigenvalue weighted by Gasteiger charge is 2.42. The Hall–Kier alpha value is -2.73. The molecule has 3 heterocycles. The van der Waals surface area contributed by atoms with Gasteiger partial charge in [-0.15, -0.1) is 11.3 Å². The van der Waals surface area contributed by atoms with Crippen LogP contribution < -0.4 is 5.43 Å². The molecule has 1 fully saturated rings. The number of likely N-dealkylation sites (tertiary alicyclic amines) is 1. The number of hydrogen-bond donors (Lipinski definition) is 3. The predicted molar refractivity (Wildman–Crippen MR) is 105 cm³/mol. The molecule has 0 aromatic carbocycles. The molecule has 12 heteroatoms. The molecule has 1 aliphatic rings. The number of halogens is 3. The van der Waals surface area contributed by atoms with Crippen LogP contribution in [0.15, 0.2) is 27.1 Å². The van der Waals surface area contributed by atoms with Gasteiger partial charge in [0.1, 0.15) is 16.5 Å². The van der Waals surface area contributed by atoms with Gasteiger partial charge in [-0.1, -0.05) is 5.16 Å². The van der Waals surface area contributed by atoms with Crippen molar-refractivity contribution in [3.63, 3.8) is 0 Å². The van der Waals surface area contributed by atoms with Crippen molar-refractivity contribution < 1.29 is 27.6 Å². The van der Waals surface area contributed by atoms with E-state index in [-0.39, 0.29) is 30.2 Å². The molecule has 3 atom stereocenters. The number of nitrogens with zero attached hydrogens (tertiary/aromatic N) is 3. The van der Waals surface area contributed by atoms with E-state index in [0.29, 0.717) is 23.4 Å². The highest BCUT2D eigenvalue weighted by atomic mass is 32.1. The first-order valence-corrected chi connectivity index (χ1v) is 9.98. The first kappa shape index (κ1) is 22.0. The Morgan fingerprint density at radius 3 is 3.00 bits per heavy atom. The number of amides is 1. The van der Waals surface area contributed by atoms with Gasteiger partial charge in [-0.25, -0.2) is 0 Å². The van der Waals surface area contributed by atoms with Crippen molar-refractivity contribution in [1.29, 1.82) is 5.41 Å². The number of aliphatic hydroxyl groups is 1. The summed E-state index contributed by atoms with van der Waals surface area (Å²) >= 11 is 1.29. The number of carbonyl (C=O) groups excluding carboxylic acids is 1. The monoisotopic (exact) mass is 443 g/mol. The van der Waals surface area contributed by atoms with Crippen molar-refractivity contribution in [2.45, 2.75) is 44.0 Å². The van der Waals surface area contributed by atoms with Crippen LogP contribution in [-0.4, -0.2) is 52.3 Å². The van der Waals surface area contributed by atoms with E-state index >= 15 is 0 Å². The van der Waals surface area contributed by atoms with E-state index in [9.17, 15) is 23.1 Å². The summed E-state index contributed by atoms with van der Waals surface area (Å²) in [5.74, 6) is -0.369. The molecule has 0 spiro atoms. The smallest absolute Gasteiger partial charge is 0.378 e. The van der Waals surface area contributed by atoms with Gasteiger partial charge in [0.15, 0.2) is 6.10 Å². The number of carbonyl (C=O) groups is 1. The Morgan fingerprint density at radius 2 is 2.30 bits per heavy atom. The van der Waals surface area contributed by atoms with Crippen LogP contribution in [0.25, 0.3) is 0 Å². The first-order chi connectivity index (χ1) is 14.2. The molecular weight excluding hydrogens is 423 g/mol. The zero-order chi connectivity index (χ0) is 21.9. The molecule has 0 aliphatic carbocycles. The van der Waals surface area contributed by atoms with E-state index in [1.807, 2.05) is 6.92 Å². The number of aromatic nitrogens is 1. The molecule has 3 N–H and O–H groups in total. The summed E-state index contributed by atoms with van der Waals surface area (Å²) in [7, 11) is 0. The van der Waals surface area contributed by atoms with Gasteiger partial charge in [0.05, 0.1) is 11.8 Å². The number of anilines is 1. The standard InChI is InChI=1S/C18H20F3N5O3S/c1-10-2-3-11(14-8-13(25-29-14)15(27)18(19,20)21)9-26(10)17(28)12-4-7-30-16(12)24-23-6-5-22/h4-8,10-11,15,22,24,27H,2-3,9H2,1H3/b22-5?,23-6-/t10-,11-,15+/m1/s1. The van der Waals surface area contributed by atoms with E-state index < -0.39 is 18.0 Å². The molecule has 1 aliphatic heterocycles. The molecule has 0 saturated carbocycles. The second kappa shape index (κ2) is 8.96. The fourth-order valence-electron chi connectivity index (χ4n) is 3.27. The van der Waals surface area contributed by atoms with Crippen LogP contribution in [-0.2, 0) is 0 Å². The van der Waals surface area contributed by atoms with Gasteiger partial charge in [-0.2, -0.15) is 18.3 Å². The van der Waals surface area contributed by atoms with Gasteiger partial charge >= 0.3 is 6.18 Å². The zero-order valence-corrected chi connectivity index (χ0v) is 16.7. The average Bonchev–Trinajstić information content (AvgIpc) is 3.36. The lowest BCUT2D eigenvalue weighted by molar-refractivity contribution is -0.208. The second-order valence-corrected chi connectivity index (χ2v) is 7.82. The minimum absolute atomic E-state index is 0.0743. The largest absolute Gasteiger partial charge is 0.420 e. The van der Waals surface area contributed by atoms with E-state index in [0.717, 1.165) is 12.3 Å². The van der Waals surface area contributed by atoms with Crippen LogP contribution in [0.5, 0.6) is 0 Å². The summed E-state index contributed by atoms with van der Waals surface area (Å²) in [6, 6.07) is 2.69. The predicted octanol–water partition coefficient (Wildman–Crippen LogP) is 3.79. The number of nitrogens with one attached hydrogen (secondary N) is 2. The molecule has 8 nitrogen and oxygen atoms in total. The topological polar surface area (TPSA) is 115 Å². The third kappa shape index (κ3) is 4.70. The van der Waals surface area contributed by atoms with Crippen LogP contribution in [0.3, 0.4) is 0 Å². The van der Waals surface area contributed by atoms with E-state index in [2.05, 4.69) is 15.7 Å².